The summed E-state index contributed by atoms with van der Waals surface area (Å²) in [4.78, 5) is 31.1. The minimum absolute atomic E-state index is 0.196. The van der Waals surface area contributed by atoms with Crippen LogP contribution in [0.2, 0.25) is 0 Å². The SMILES string of the molecule is CCCSc1nc(N2CCN(C)CC2)c2ncc(=O)n(Cc3ccco3)c2n1. The third-order valence-electron chi connectivity index (χ3n) is 4.78. The van der Waals surface area contributed by atoms with E-state index >= 15 is 0 Å². The molecule has 3 aromatic heterocycles. The second-order valence-corrected chi connectivity index (χ2v) is 7.96. The van der Waals surface area contributed by atoms with Gasteiger partial charge < -0.3 is 14.2 Å². The van der Waals surface area contributed by atoms with Crippen molar-refractivity contribution in [1.82, 2.24) is 24.4 Å². The van der Waals surface area contributed by atoms with Crippen LogP contribution in [-0.2, 0) is 6.54 Å². The Morgan fingerprint density at radius 3 is 2.75 bits per heavy atom. The lowest BCUT2D eigenvalue weighted by Gasteiger charge is -2.33. The fourth-order valence-corrected chi connectivity index (χ4v) is 3.91. The number of hydrogen-bond acceptors (Lipinski definition) is 8. The maximum atomic E-state index is 12.6. The van der Waals surface area contributed by atoms with Gasteiger partial charge in [0.05, 0.1) is 19.0 Å². The Balaban J connectivity index is 1.84. The van der Waals surface area contributed by atoms with Gasteiger partial charge in [0.2, 0.25) is 0 Å². The first-order valence-electron chi connectivity index (χ1n) is 9.52. The molecular formula is C19H24N6O2S. The molecule has 3 aromatic rings. The number of rotatable bonds is 6. The maximum absolute atomic E-state index is 12.6. The van der Waals surface area contributed by atoms with E-state index in [2.05, 4.69) is 28.8 Å². The summed E-state index contributed by atoms with van der Waals surface area (Å²) >= 11 is 1.61. The molecule has 0 amide bonds. The molecule has 1 fully saturated rings. The first kappa shape index (κ1) is 18.9. The molecule has 0 radical (unpaired) electrons. The molecule has 0 aromatic carbocycles. The molecule has 0 aliphatic carbocycles. The van der Waals surface area contributed by atoms with Crippen LogP contribution in [0, 0.1) is 0 Å². The number of hydrogen-bond donors (Lipinski definition) is 0. The predicted molar refractivity (Wildman–Crippen MR) is 110 cm³/mol. The molecule has 1 saturated heterocycles. The number of aromatic nitrogens is 4. The van der Waals surface area contributed by atoms with E-state index in [0.717, 1.165) is 44.2 Å². The summed E-state index contributed by atoms with van der Waals surface area (Å²) in [5.41, 5.74) is 1.03. The van der Waals surface area contributed by atoms with Crippen molar-refractivity contribution in [2.75, 3.05) is 43.9 Å². The second kappa shape index (κ2) is 8.32. The highest BCUT2D eigenvalue weighted by molar-refractivity contribution is 7.99. The van der Waals surface area contributed by atoms with Gasteiger partial charge in [0.1, 0.15) is 11.3 Å². The molecule has 4 rings (SSSR count). The van der Waals surface area contributed by atoms with Gasteiger partial charge in [0, 0.05) is 31.9 Å². The van der Waals surface area contributed by atoms with Gasteiger partial charge in [0.25, 0.3) is 5.56 Å². The summed E-state index contributed by atoms with van der Waals surface area (Å²) in [6.45, 7) is 6.13. The molecule has 4 heterocycles. The lowest BCUT2D eigenvalue weighted by Crippen LogP contribution is -2.45. The maximum Gasteiger partial charge on any atom is 0.271 e. The van der Waals surface area contributed by atoms with E-state index < -0.39 is 0 Å². The highest BCUT2D eigenvalue weighted by Crippen LogP contribution is 2.26. The van der Waals surface area contributed by atoms with Crippen molar-refractivity contribution in [3.63, 3.8) is 0 Å². The normalized spacial score (nSPS) is 15.4. The molecule has 0 unspecified atom stereocenters. The van der Waals surface area contributed by atoms with Gasteiger partial charge in [0.15, 0.2) is 16.6 Å². The predicted octanol–water partition coefficient (Wildman–Crippen LogP) is 2.08. The number of furan rings is 1. The molecule has 8 nitrogen and oxygen atoms in total. The molecule has 148 valence electrons. The van der Waals surface area contributed by atoms with Gasteiger partial charge in [-0.15, -0.1) is 0 Å². The minimum atomic E-state index is -0.196. The van der Waals surface area contributed by atoms with Crippen LogP contribution < -0.4 is 10.5 Å². The molecule has 1 aliphatic heterocycles. The fraction of sp³-hybridized carbons (Fsp3) is 0.474. The third kappa shape index (κ3) is 3.90. The van der Waals surface area contributed by atoms with Crippen LogP contribution >= 0.6 is 11.8 Å². The molecule has 9 heteroatoms. The molecule has 0 atom stereocenters. The minimum Gasteiger partial charge on any atom is -0.467 e. The Hall–Kier alpha value is -2.39. The lowest BCUT2D eigenvalue weighted by molar-refractivity contribution is 0.312. The average Bonchev–Trinajstić information content (AvgIpc) is 3.22. The topological polar surface area (TPSA) is 80.3 Å². The Kier molecular flexibility index (Phi) is 5.63. The first-order valence-corrected chi connectivity index (χ1v) is 10.5. The quantitative estimate of drug-likeness (QED) is 0.460. The van der Waals surface area contributed by atoms with Crippen molar-refractivity contribution in [2.24, 2.45) is 0 Å². The van der Waals surface area contributed by atoms with E-state index in [-0.39, 0.29) is 5.56 Å². The van der Waals surface area contributed by atoms with E-state index in [1.807, 2.05) is 12.1 Å². The fourth-order valence-electron chi connectivity index (χ4n) is 3.22. The summed E-state index contributed by atoms with van der Waals surface area (Å²) < 4.78 is 7.07. The lowest BCUT2D eigenvalue weighted by atomic mass is 10.3. The van der Waals surface area contributed by atoms with E-state index in [1.165, 1.54) is 6.20 Å². The van der Waals surface area contributed by atoms with Crippen LogP contribution in [0.15, 0.2) is 39.0 Å². The highest BCUT2D eigenvalue weighted by Gasteiger charge is 2.22. The zero-order chi connectivity index (χ0) is 19.5. The van der Waals surface area contributed by atoms with Crippen molar-refractivity contribution in [1.29, 1.82) is 0 Å². The van der Waals surface area contributed by atoms with Crippen LogP contribution in [0.1, 0.15) is 19.1 Å². The van der Waals surface area contributed by atoms with Gasteiger partial charge in [-0.2, -0.15) is 0 Å². The molecule has 0 spiro atoms. The summed E-state index contributed by atoms with van der Waals surface area (Å²) in [7, 11) is 2.12. The van der Waals surface area contributed by atoms with Crippen LogP contribution in [0.25, 0.3) is 11.2 Å². The number of thioether (sulfide) groups is 1. The van der Waals surface area contributed by atoms with E-state index in [4.69, 9.17) is 14.4 Å². The van der Waals surface area contributed by atoms with E-state index in [1.54, 1.807) is 22.6 Å². The summed E-state index contributed by atoms with van der Waals surface area (Å²) in [5, 5.41) is 0.684. The number of anilines is 1. The molecule has 0 bridgehead atoms. The van der Waals surface area contributed by atoms with Crippen molar-refractivity contribution >= 4 is 28.7 Å². The zero-order valence-corrected chi connectivity index (χ0v) is 17.0. The van der Waals surface area contributed by atoms with E-state index in [0.29, 0.717) is 28.6 Å². The van der Waals surface area contributed by atoms with E-state index in [9.17, 15) is 4.79 Å². The van der Waals surface area contributed by atoms with Gasteiger partial charge in [-0.05, 0) is 25.6 Å². The third-order valence-corrected chi connectivity index (χ3v) is 5.84. The molecule has 0 saturated carbocycles. The Morgan fingerprint density at radius 1 is 1.21 bits per heavy atom. The highest BCUT2D eigenvalue weighted by atomic mass is 32.2. The van der Waals surface area contributed by atoms with Crippen LogP contribution in [0.3, 0.4) is 0 Å². The summed E-state index contributed by atoms with van der Waals surface area (Å²) in [6.07, 6.45) is 3.99. The van der Waals surface area contributed by atoms with Gasteiger partial charge in [-0.3, -0.25) is 9.36 Å². The second-order valence-electron chi connectivity index (χ2n) is 6.90. The van der Waals surface area contributed by atoms with Crippen LogP contribution in [0.4, 0.5) is 5.82 Å². The van der Waals surface area contributed by atoms with Crippen molar-refractivity contribution in [3.8, 4) is 0 Å². The Labute approximate surface area is 167 Å². The largest absolute Gasteiger partial charge is 0.467 e. The molecule has 28 heavy (non-hydrogen) atoms. The number of fused-ring (bicyclic) bond motifs is 1. The Morgan fingerprint density at radius 2 is 2.04 bits per heavy atom. The van der Waals surface area contributed by atoms with Crippen LogP contribution in [0.5, 0.6) is 0 Å². The standard InChI is InChI=1S/C19H24N6O2S/c1-3-11-28-19-21-17(24-8-6-23(2)7-9-24)16-18(22-19)25(15(26)12-20-16)13-14-5-4-10-27-14/h4-5,10,12H,3,6-9,11,13H2,1-2H3. The average molecular weight is 401 g/mol. The van der Waals surface area contributed by atoms with Crippen molar-refractivity contribution < 1.29 is 4.42 Å². The number of likely N-dealkylation sites (N-methyl/N-ethyl adjacent to an activating group) is 1. The van der Waals surface area contributed by atoms with Crippen LogP contribution in [-0.4, -0.2) is 63.4 Å². The smallest absolute Gasteiger partial charge is 0.271 e. The Bertz CT molecular complexity index is 996. The van der Waals surface area contributed by atoms with Gasteiger partial charge in [-0.25, -0.2) is 15.0 Å². The van der Waals surface area contributed by atoms with Gasteiger partial charge in [-0.1, -0.05) is 18.7 Å². The van der Waals surface area contributed by atoms with Crippen molar-refractivity contribution in [3.05, 3.63) is 40.7 Å². The molecule has 0 N–H and O–H groups in total. The zero-order valence-electron chi connectivity index (χ0n) is 16.2. The van der Waals surface area contributed by atoms with Crippen molar-refractivity contribution in [2.45, 2.75) is 25.0 Å². The van der Waals surface area contributed by atoms with Gasteiger partial charge >= 0.3 is 0 Å². The number of piperazine rings is 1. The number of nitrogens with zero attached hydrogens (tertiary/aromatic N) is 6. The molecular weight excluding hydrogens is 376 g/mol. The summed E-state index contributed by atoms with van der Waals surface area (Å²) in [6, 6.07) is 3.67. The molecule has 1 aliphatic rings. The first-order chi connectivity index (χ1) is 13.7. The summed E-state index contributed by atoms with van der Waals surface area (Å²) in [5.74, 6) is 2.44. The monoisotopic (exact) mass is 400 g/mol.